The summed E-state index contributed by atoms with van der Waals surface area (Å²) >= 11 is 0. The monoisotopic (exact) mass is 341 g/mol. The van der Waals surface area contributed by atoms with Gasteiger partial charge >= 0.3 is 0 Å². The number of anilines is 1. The van der Waals surface area contributed by atoms with Crippen LogP contribution in [0.1, 0.15) is 38.2 Å². The van der Waals surface area contributed by atoms with E-state index in [1.807, 2.05) is 32.0 Å². The SMILES string of the molecule is CCCC(=O)N1CCC[C@@H]1C(=O)Nc1ccc(-c2ncco2)cc1C. The van der Waals surface area contributed by atoms with E-state index in [0.29, 0.717) is 25.3 Å². The molecule has 1 aliphatic rings. The smallest absolute Gasteiger partial charge is 0.247 e. The number of rotatable bonds is 5. The average Bonchev–Trinajstić information content (AvgIpc) is 3.28. The molecule has 1 saturated heterocycles. The maximum atomic E-state index is 12.7. The van der Waals surface area contributed by atoms with Gasteiger partial charge in [-0.2, -0.15) is 0 Å². The third kappa shape index (κ3) is 3.73. The second kappa shape index (κ2) is 7.51. The first-order valence-electron chi connectivity index (χ1n) is 8.71. The fourth-order valence-electron chi connectivity index (χ4n) is 3.21. The van der Waals surface area contributed by atoms with Crippen molar-refractivity contribution in [3.8, 4) is 11.5 Å². The van der Waals surface area contributed by atoms with Gasteiger partial charge in [0, 0.05) is 24.2 Å². The Labute approximate surface area is 147 Å². The van der Waals surface area contributed by atoms with Gasteiger partial charge in [-0.15, -0.1) is 0 Å². The molecule has 0 aliphatic carbocycles. The Morgan fingerprint density at radius 3 is 2.92 bits per heavy atom. The first kappa shape index (κ1) is 17.2. The van der Waals surface area contributed by atoms with Crippen molar-refractivity contribution < 1.29 is 14.0 Å². The lowest BCUT2D eigenvalue weighted by Crippen LogP contribution is -2.43. The number of carbonyl (C=O) groups excluding carboxylic acids is 2. The summed E-state index contributed by atoms with van der Waals surface area (Å²) in [5.41, 5.74) is 2.53. The van der Waals surface area contributed by atoms with E-state index in [-0.39, 0.29) is 17.9 Å². The minimum Gasteiger partial charge on any atom is -0.445 e. The molecule has 2 heterocycles. The van der Waals surface area contributed by atoms with Crippen LogP contribution in [0.2, 0.25) is 0 Å². The molecule has 1 fully saturated rings. The lowest BCUT2D eigenvalue weighted by atomic mass is 10.1. The Hall–Kier alpha value is -2.63. The number of nitrogens with one attached hydrogen (secondary N) is 1. The third-order valence-electron chi connectivity index (χ3n) is 4.50. The Kier molecular flexibility index (Phi) is 5.16. The van der Waals surface area contributed by atoms with Crippen molar-refractivity contribution in [2.24, 2.45) is 0 Å². The molecular formula is C19H23N3O3. The van der Waals surface area contributed by atoms with E-state index in [1.165, 1.54) is 6.26 Å². The number of amides is 2. The number of aromatic nitrogens is 1. The Balaban J connectivity index is 1.71. The number of hydrogen-bond acceptors (Lipinski definition) is 4. The van der Waals surface area contributed by atoms with E-state index in [0.717, 1.165) is 29.7 Å². The zero-order valence-corrected chi connectivity index (χ0v) is 14.6. The number of oxazole rings is 1. The van der Waals surface area contributed by atoms with Crippen molar-refractivity contribution in [1.82, 2.24) is 9.88 Å². The predicted molar refractivity (Wildman–Crippen MR) is 94.9 cm³/mol. The number of aryl methyl sites for hydroxylation is 1. The van der Waals surface area contributed by atoms with Crippen LogP contribution in [0.15, 0.2) is 35.1 Å². The van der Waals surface area contributed by atoms with E-state index < -0.39 is 0 Å². The quantitative estimate of drug-likeness (QED) is 0.904. The summed E-state index contributed by atoms with van der Waals surface area (Å²) in [6.45, 7) is 4.57. The normalized spacial score (nSPS) is 16.9. The van der Waals surface area contributed by atoms with Gasteiger partial charge in [0.1, 0.15) is 12.3 Å². The molecule has 1 N–H and O–H groups in total. The number of likely N-dealkylation sites (tertiary alicyclic amines) is 1. The van der Waals surface area contributed by atoms with Gasteiger partial charge in [0.05, 0.1) is 6.20 Å². The van der Waals surface area contributed by atoms with E-state index >= 15 is 0 Å². The van der Waals surface area contributed by atoms with E-state index in [9.17, 15) is 9.59 Å². The molecule has 2 aromatic rings. The summed E-state index contributed by atoms with van der Waals surface area (Å²) in [6, 6.07) is 5.27. The van der Waals surface area contributed by atoms with Crippen LogP contribution >= 0.6 is 0 Å². The molecule has 0 radical (unpaired) electrons. The second-order valence-corrected chi connectivity index (χ2v) is 6.35. The highest BCUT2D eigenvalue weighted by molar-refractivity contribution is 5.98. The third-order valence-corrected chi connectivity index (χ3v) is 4.50. The van der Waals surface area contributed by atoms with Crippen LogP contribution < -0.4 is 5.32 Å². The zero-order valence-electron chi connectivity index (χ0n) is 14.6. The van der Waals surface area contributed by atoms with Gasteiger partial charge in [0.25, 0.3) is 0 Å². The summed E-state index contributed by atoms with van der Waals surface area (Å²) < 4.78 is 5.30. The van der Waals surface area contributed by atoms with Gasteiger partial charge in [0.2, 0.25) is 17.7 Å². The fraction of sp³-hybridized carbons (Fsp3) is 0.421. The number of benzene rings is 1. The second-order valence-electron chi connectivity index (χ2n) is 6.35. The van der Waals surface area contributed by atoms with Gasteiger partial charge in [-0.05, 0) is 49.9 Å². The lowest BCUT2D eigenvalue weighted by Gasteiger charge is -2.24. The van der Waals surface area contributed by atoms with Crippen LogP contribution in [-0.2, 0) is 9.59 Å². The summed E-state index contributed by atoms with van der Waals surface area (Å²) in [6.07, 6.45) is 6.01. The molecule has 3 rings (SSSR count). The topological polar surface area (TPSA) is 75.4 Å². The van der Waals surface area contributed by atoms with Gasteiger partial charge in [-0.25, -0.2) is 4.98 Å². The predicted octanol–water partition coefficient (Wildman–Crippen LogP) is 3.38. The molecule has 6 heteroatoms. The number of nitrogens with zero attached hydrogens (tertiary/aromatic N) is 2. The molecule has 132 valence electrons. The van der Waals surface area contributed by atoms with Crippen LogP contribution in [0.5, 0.6) is 0 Å². The van der Waals surface area contributed by atoms with Crippen molar-refractivity contribution >= 4 is 17.5 Å². The van der Waals surface area contributed by atoms with Gasteiger partial charge in [-0.3, -0.25) is 9.59 Å². The van der Waals surface area contributed by atoms with Crippen molar-refractivity contribution in [1.29, 1.82) is 0 Å². The van der Waals surface area contributed by atoms with E-state index in [2.05, 4.69) is 10.3 Å². The summed E-state index contributed by atoms with van der Waals surface area (Å²) in [5, 5.41) is 2.97. The molecule has 0 saturated carbocycles. The molecule has 2 amide bonds. The molecule has 25 heavy (non-hydrogen) atoms. The molecule has 1 aromatic heterocycles. The summed E-state index contributed by atoms with van der Waals surface area (Å²) in [5.74, 6) is 0.498. The van der Waals surface area contributed by atoms with E-state index in [1.54, 1.807) is 11.1 Å². The number of hydrogen-bond donors (Lipinski definition) is 1. The molecule has 1 atom stereocenters. The lowest BCUT2D eigenvalue weighted by molar-refractivity contribution is -0.136. The standard InChI is InChI=1S/C19H23N3O3/c1-3-5-17(23)22-10-4-6-16(22)18(24)21-15-8-7-14(12-13(15)2)19-20-9-11-25-19/h7-9,11-12,16H,3-6,10H2,1-2H3,(H,21,24)/t16-/m1/s1. The first-order valence-corrected chi connectivity index (χ1v) is 8.71. The molecular weight excluding hydrogens is 318 g/mol. The van der Waals surface area contributed by atoms with Crippen molar-refractivity contribution in [3.63, 3.8) is 0 Å². The summed E-state index contributed by atoms with van der Waals surface area (Å²) in [4.78, 5) is 30.7. The molecule has 0 bridgehead atoms. The maximum absolute atomic E-state index is 12.7. The zero-order chi connectivity index (χ0) is 17.8. The average molecular weight is 341 g/mol. The van der Waals surface area contributed by atoms with Crippen LogP contribution in [0, 0.1) is 6.92 Å². The Bertz CT molecular complexity index is 755. The first-order chi connectivity index (χ1) is 12.1. The molecule has 6 nitrogen and oxygen atoms in total. The molecule has 0 unspecified atom stereocenters. The highest BCUT2D eigenvalue weighted by Gasteiger charge is 2.33. The molecule has 1 aliphatic heterocycles. The Morgan fingerprint density at radius 2 is 2.24 bits per heavy atom. The van der Waals surface area contributed by atoms with Gasteiger partial charge in [0.15, 0.2) is 0 Å². The highest BCUT2D eigenvalue weighted by Crippen LogP contribution is 2.25. The van der Waals surface area contributed by atoms with Crippen molar-refractivity contribution in [3.05, 3.63) is 36.2 Å². The van der Waals surface area contributed by atoms with Crippen LogP contribution in [0.3, 0.4) is 0 Å². The highest BCUT2D eigenvalue weighted by atomic mass is 16.3. The van der Waals surface area contributed by atoms with Crippen LogP contribution in [0.4, 0.5) is 5.69 Å². The molecule has 0 spiro atoms. The Morgan fingerprint density at radius 1 is 1.40 bits per heavy atom. The van der Waals surface area contributed by atoms with E-state index in [4.69, 9.17) is 4.42 Å². The van der Waals surface area contributed by atoms with Gasteiger partial charge < -0.3 is 14.6 Å². The van der Waals surface area contributed by atoms with Crippen LogP contribution in [-0.4, -0.2) is 34.3 Å². The minimum atomic E-state index is -0.370. The molecule has 1 aromatic carbocycles. The number of carbonyl (C=O) groups is 2. The fourth-order valence-corrected chi connectivity index (χ4v) is 3.21. The van der Waals surface area contributed by atoms with Crippen molar-refractivity contribution in [2.75, 3.05) is 11.9 Å². The van der Waals surface area contributed by atoms with Crippen molar-refractivity contribution in [2.45, 2.75) is 45.6 Å². The maximum Gasteiger partial charge on any atom is 0.247 e. The minimum absolute atomic E-state index is 0.0658. The van der Waals surface area contributed by atoms with Crippen LogP contribution in [0.25, 0.3) is 11.5 Å². The summed E-state index contributed by atoms with van der Waals surface area (Å²) in [7, 11) is 0. The van der Waals surface area contributed by atoms with Gasteiger partial charge in [-0.1, -0.05) is 6.92 Å². The largest absolute Gasteiger partial charge is 0.445 e.